The number of hydrogen-bond acceptors (Lipinski definition) is 6. The molecule has 122 valence electrons. The van der Waals surface area contributed by atoms with Crippen LogP contribution in [0.1, 0.15) is 25.3 Å². The number of pyridine rings is 1. The summed E-state index contributed by atoms with van der Waals surface area (Å²) in [5.41, 5.74) is 2.55. The molecule has 1 N–H and O–H groups in total. The van der Waals surface area contributed by atoms with Gasteiger partial charge in [0.15, 0.2) is 0 Å². The molecule has 1 aromatic rings. The molecule has 7 heteroatoms. The first-order chi connectivity index (χ1) is 10.9. The second kappa shape index (κ2) is 6.83. The normalized spacial score (nSPS) is 15.3. The van der Waals surface area contributed by atoms with E-state index in [2.05, 4.69) is 10.3 Å². The predicted molar refractivity (Wildman–Crippen MR) is 84.6 cm³/mol. The van der Waals surface area contributed by atoms with Crippen LogP contribution in [-0.2, 0) is 19.1 Å². The van der Waals surface area contributed by atoms with Gasteiger partial charge in [0.25, 0.3) is 0 Å². The van der Waals surface area contributed by atoms with Gasteiger partial charge in [0.2, 0.25) is 0 Å². The maximum absolute atomic E-state index is 12.2. The number of carbonyl (C=O) groups excluding carboxylic acids is 2. The Hall–Kier alpha value is -2.34. The number of hydrogen-bond donors (Lipinski definition) is 1. The first-order valence-corrected chi connectivity index (χ1v) is 7.25. The van der Waals surface area contributed by atoms with Crippen molar-refractivity contribution in [2.45, 2.75) is 19.8 Å². The Morgan fingerprint density at radius 2 is 1.61 bits per heavy atom. The lowest BCUT2D eigenvalue weighted by Crippen LogP contribution is -2.32. The molecule has 0 amide bonds. The highest BCUT2D eigenvalue weighted by Gasteiger charge is 2.37. The van der Waals surface area contributed by atoms with Crippen LogP contribution in [0.15, 0.2) is 40.9 Å². The molecular formula is C16H17ClN2O4. The fraction of sp³-hybridized carbons (Fsp3) is 0.312. The molecule has 6 nitrogen and oxygen atoms in total. The summed E-state index contributed by atoms with van der Waals surface area (Å²) in [6.07, 6.45) is 1.53. The van der Waals surface area contributed by atoms with Crippen molar-refractivity contribution >= 4 is 23.5 Å². The number of nitrogens with zero attached hydrogens (tertiary/aromatic N) is 1. The molecule has 0 atom stereocenters. The van der Waals surface area contributed by atoms with Crippen molar-refractivity contribution in [2.75, 3.05) is 14.2 Å². The molecule has 1 aliphatic rings. The van der Waals surface area contributed by atoms with Crippen molar-refractivity contribution in [3.05, 3.63) is 51.6 Å². The summed E-state index contributed by atoms with van der Waals surface area (Å²) < 4.78 is 9.75. The smallest absolute Gasteiger partial charge is 0.336 e. The Kier molecular flexibility index (Phi) is 5.05. The van der Waals surface area contributed by atoms with Gasteiger partial charge in [-0.1, -0.05) is 17.7 Å². The minimum Gasteiger partial charge on any atom is -0.466 e. The third kappa shape index (κ3) is 3.22. The van der Waals surface area contributed by atoms with Crippen molar-refractivity contribution in [1.29, 1.82) is 0 Å². The lowest BCUT2D eigenvalue weighted by Gasteiger charge is -2.29. The molecule has 0 spiro atoms. The predicted octanol–water partition coefficient (Wildman–Crippen LogP) is 2.32. The van der Waals surface area contributed by atoms with Gasteiger partial charge < -0.3 is 14.8 Å². The van der Waals surface area contributed by atoms with Gasteiger partial charge in [0.05, 0.1) is 31.3 Å². The molecule has 0 bridgehead atoms. The molecule has 1 aromatic heterocycles. The van der Waals surface area contributed by atoms with Crippen LogP contribution in [0.25, 0.3) is 0 Å². The highest BCUT2D eigenvalue weighted by molar-refractivity contribution is 6.29. The molecule has 0 unspecified atom stereocenters. The van der Waals surface area contributed by atoms with E-state index in [9.17, 15) is 9.59 Å². The van der Waals surface area contributed by atoms with Gasteiger partial charge >= 0.3 is 11.9 Å². The molecule has 23 heavy (non-hydrogen) atoms. The Morgan fingerprint density at radius 1 is 1.09 bits per heavy atom. The molecule has 0 aromatic carbocycles. The van der Waals surface area contributed by atoms with E-state index >= 15 is 0 Å². The molecular weight excluding hydrogens is 320 g/mol. The zero-order chi connectivity index (χ0) is 17.1. The van der Waals surface area contributed by atoms with E-state index in [-0.39, 0.29) is 0 Å². The van der Waals surface area contributed by atoms with Crippen LogP contribution >= 0.6 is 11.6 Å². The van der Waals surface area contributed by atoms with Crippen molar-refractivity contribution in [3.63, 3.8) is 0 Å². The summed E-state index contributed by atoms with van der Waals surface area (Å²) >= 11 is 5.83. The Balaban J connectivity index is 2.66. The summed E-state index contributed by atoms with van der Waals surface area (Å²) in [7, 11) is 2.59. The highest BCUT2D eigenvalue weighted by atomic mass is 35.5. The number of rotatable bonds is 3. The Bertz CT molecular complexity index is 669. The summed E-state index contributed by atoms with van der Waals surface area (Å²) in [6.45, 7) is 3.50. The lowest BCUT2D eigenvalue weighted by atomic mass is 9.81. The van der Waals surface area contributed by atoms with E-state index in [1.807, 2.05) is 0 Å². The molecule has 0 radical (unpaired) electrons. The minimum absolute atomic E-state index is 0.323. The van der Waals surface area contributed by atoms with Gasteiger partial charge in [-0.05, 0) is 25.5 Å². The summed E-state index contributed by atoms with van der Waals surface area (Å²) in [5, 5.41) is 3.35. The maximum Gasteiger partial charge on any atom is 0.336 e. The highest BCUT2D eigenvalue weighted by Crippen LogP contribution is 2.38. The van der Waals surface area contributed by atoms with Gasteiger partial charge in [-0.15, -0.1) is 0 Å². The first-order valence-electron chi connectivity index (χ1n) is 6.87. The average Bonchev–Trinajstić information content (AvgIpc) is 2.53. The fourth-order valence-electron chi connectivity index (χ4n) is 2.65. The number of methoxy groups -OCH3 is 2. The van der Waals surface area contributed by atoms with Crippen LogP contribution in [0.3, 0.4) is 0 Å². The molecule has 0 aliphatic carbocycles. The van der Waals surface area contributed by atoms with E-state index in [1.165, 1.54) is 20.4 Å². The molecule has 2 heterocycles. The van der Waals surface area contributed by atoms with Crippen molar-refractivity contribution in [3.8, 4) is 0 Å². The number of carbonyl (C=O) groups is 2. The fourth-order valence-corrected chi connectivity index (χ4v) is 2.76. The molecule has 2 rings (SSSR count). The largest absolute Gasteiger partial charge is 0.466 e. The number of esters is 2. The summed E-state index contributed by atoms with van der Waals surface area (Å²) in [6, 6.07) is 3.32. The third-order valence-corrected chi connectivity index (χ3v) is 3.88. The van der Waals surface area contributed by atoms with Gasteiger partial charge in [0.1, 0.15) is 5.15 Å². The first kappa shape index (κ1) is 17.0. The number of ether oxygens (including phenoxy) is 2. The van der Waals surface area contributed by atoms with Gasteiger partial charge in [-0.2, -0.15) is 0 Å². The van der Waals surface area contributed by atoms with Crippen molar-refractivity contribution < 1.29 is 19.1 Å². The Labute approximate surface area is 139 Å². The van der Waals surface area contributed by atoms with Gasteiger partial charge in [0, 0.05) is 17.6 Å². The summed E-state index contributed by atoms with van der Waals surface area (Å²) in [4.78, 5) is 28.5. The molecule has 0 saturated heterocycles. The van der Waals surface area contributed by atoms with E-state index in [0.29, 0.717) is 33.3 Å². The van der Waals surface area contributed by atoms with E-state index in [4.69, 9.17) is 21.1 Å². The van der Waals surface area contributed by atoms with Crippen LogP contribution in [-0.4, -0.2) is 31.1 Å². The lowest BCUT2D eigenvalue weighted by molar-refractivity contribution is -0.137. The minimum atomic E-state index is -0.638. The molecule has 1 aliphatic heterocycles. The zero-order valence-electron chi connectivity index (χ0n) is 13.3. The van der Waals surface area contributed by atoms with Crippen molar-refractivity contribution in [2.24, 2.45) is 0 Å². The number of allylic oxidation sites excluding steroid dienone is 2. The standard InChI is InChI=1S/C16H17ClN2O4/c1-8-12(15(20)22-3)14(10-5-6-11(17)18-7-10)13(9(2)19-8)16(21)23-4/h5-7,14,19H,1-4H3. The van der Waals surface area contributed by atoms with Crippen LogP contribution in [0, 0.1) is 0 Å². The van der Waals surface area contributed by atoms with E-state index in [0.717, 1.165) is 0 Å². The topological polar surface area (TPSA) is 77.5 Å². The van der Waals surface area contributed by atoms with Crippen LogP contribution < -0.4 is 5.32 Å². The monoisotopic (exact) mass is 336 g/mol. The second-order valence-corrected chi connectivity index (χ2v) is 5.42. The maximum atomic E-state index is 12.2. The van der Waals surface area contributed by atoms with E-state index < -0.39 is 17.9 Å². The molecule has 0 fully saturated rings. The third-order valence-electron chi connectivity index (χ3n) is 3.65. The number of halogens is 1. The van der Waals surface area contributed by atoms with Crippen LogP contribution in [0.5, 0.6) is 0 Å². The van der Waals surface area contributed by atoms with Crippen LogP contribution in [0.4, 0.5) is 0 Å². The molecule has 0 saturated carbocycles. The zero-order valence-corrected chi connectivity index (χ0v) is 14.0. The van der Waals surface area contributed by atoms with Gasteiger partial charge in [-0.25, -0.2) is 14.6 Å². The second-order valence-electron chi connectivity index (χ2n) is 5.03. The van der Waals surface area contributed by atoms with Crippen LogP contribution in [0.2, 0.25) is 5.15 Å². The SMILES string of the molecule is COC(=O)C1=C(C)NC(C)=C(C(=O)OC)C1c1ccc(Cl)nc1. The summed E-state index contributed by atoms with van der Waals surface area (Å²) in [5.74, 6) is -1.69. The number of dihydropyridines is 1. The quantitative estimate of drug-likeness (QED) is 0.674. The number of nitrogens with one attached hydrogen (secondary N) is 1. The van der Waals surface area contributed by atoms with Gasteiger partial charge in [-0.3, -0.25) is 0 Å². The van der Waals surface area contributed by atoms with Crippen molar-refractivity contribution in [1.82, 2.24) is 10.3 Å². The van der Waals surface area contributed by atoms with E-state index in [1.54, 1.807) is 26.0 Å². The Morgan fingerprint density at radius 3 is 2.00 bits per heavy atom. The number of aromatic nitrogens is 1. The average molecular weight is 337 g/mol.